The van der Waals surface area contributed by atoms with Gasteiger partial charge < -0.3 is 15.3 Å². The van der Waals surface area contributed by atoms with Crippen LogP contribution in [0.3, 0.4) is 0 Å². The highest BCUT2D eigenvalue weighted by atomic mass is 16.3. The Morgan fingerprint density at radius 1 is 0.719 bits per heavy atom. The van der Waals surface area contributed by atoms with Crippen LogP contribution in [-0.4, -0.2) is 33.1 Å². The van der Waals surface area contributed by atoms with Crippen molar-refractivity contribution < 1.29 is 15.3 Å². The van der Waals surface area contributed by atoms with Crippen LogP contribution in [0.2, 0.25) is 0 Å². The minimum Gasteiger partial charge on any atom is -0.393 e. The standard InChI is InChI=1S/C29H48O3/c1-25(2)20-9-7-18-17-26(3)14-11-22-28(5,16-13-24(31)29(22,6)32)21(26)10-8-19(18)27(20,4)15-12-23(25)30/h7,19-24,30-32H,8-17H2,1-6H3. The summed E-state index contributed by atoms with van der Waals surface area (Å²) in [6.07, 6.45) is 12.7. The maximum absolute atomic E-state index is 11.3. The zero-order chi connectivity index (χ0) is 23.3. The van der Waals surface area contributed by atoms with Crippen molar-refractivity contribution in [2.24, 2.45) is 45.3 Å². The molecular weight excluding hydrogens is 396 g/mol. The highest BCUT2D eigenvalue weighted by molar-refractivity contribution is 5.25. The third-order valence-electron chi connectivity index (χ3n) is 12.5. The van der Waals surface area contributed by atoms with E-state index in [1.807, 2.05) is 6.92 Å². The molecule has 0 aromatic carbocycles. The first kappa shape index (κ1) is 23.4. The van der Waals surface area contributed by atoms with E-state index in [1.54, 1.807) is 5.57 Å². The molecule has 4 saturated carbocycles. The number of allylic oxidation sites excluding steroid dienone is 2. The number of aliphatic hydroxyl groups is 3. The van der Waals surface area contributed by atoms with Gasteiger partial charge in [-0.2, -0.15) is 0 Å². The highest BCUT2D eigenvalue weighted by Crippen LogP contribution is 2.69. The Labute approximate surface area is 196 Å². The Morgan fingerprint density at radius 3 is 2.09 bits per heavy atom. The number of hydrogen-bond acceptors (Lipinski definition) is 3. The Balaban J connectivity index is 1.50. The number of hydrogen-bond donors (Lipinski definition) is 3. The Bertz CT molecular complexity index is 798. The van der Waals surface area contributed by atoms with Gasteiger partial charge in [0.1, 0.15) is 0 Å². The molecule has 182 valence electrons. The summed E-state index contributed by atoms with van der Waals surface area (Å²) in [6, 6.07) is 0. The molecule has 0 radical (unpaired) electrons. The van der Waals surface area contributed by atoms with Crippen LogP contribution in [0.1, 0.15) is 106 Å². The first-order valence-corrected chi connectivity index (χ1v) is 13.5. The fourth-order valence-corrected chi connectivity index (χ4v) is 10.6. The van der Waals surface area contributed by atoms with Gasteiger partial charge in [-0.25, -0.2) is 0 Å². The molecule has 0 aromatic heterocycles. The number of rotatable bonds is 0. The van der Waals surface area contributed by atoms with Crippen molar-refractivity contribution in [3.8, 4) is 0 Å². The van der Waals surface area contributed by atoms with Crippen LogP contribution in [0, 0.1) is 45.3 Å². The molecule has 10 unspecified atom stereocenters. The maximum Gasteiger partial charge on any atom is 0.0910 e. The number of fused-ring (bicyclic) bond motifs is 6. The van der Waals surface area contributed by atoms with Gasteiger partial charge in [-0.05, 0) is 116 Å². The lowest BCUT2D eigenvalue weighted by Crippen LogP contribution is -2.62. The largest absolute Gasteiger partial charge is 0.393 e. The number of aliphatic hydroxyl groups excluding tert-OH is 2. The summed E-state index contributed by atoms with van der Waals surface area (Å²) in [5.74, 6) is 1.98. The van der Waals surface area contributed by atoms with E-state index in [9.17, 15) is 15.3 Å². The van der Waals surface area contributed by atoms with Crippen molar-refractivity contribution in [1.29, 1.82) is 0 Å². The van der Waals surface area contributed by atoms with E-state index in [0.717, 1.165) is 44.9 Å². The predicted molar refractivity (Wildman–Crippen MR) is 129 cm³/mol. The molecular formula is C29H48O3. The second-order valence-corrected chi connectivity index (χ2v) is 14.3. The van der Waals surface area contributed by atoms with Gasteiger partial charge in [0.05, 0.1) is 17.8 Å². The molecule has 5 rings (SSSR count). The van der Waals surface area contributed by atoms with E-state index in [2.05, 4.69) is 40.7 Å². The van der Waals surface area contributed by atoms with E-state index in [4.69, 9.17) is 0 Å². The van der Waals surface area contributed by atoms with Gasteiger partial charge in [0, 0.05) is 0 Å². The molecule has 4 fully saturated rings. The van der Waals surface area contributed by atoms with Crippen LogP contribution >= 0.6 is 0 Å². The third-order valence-corrected chi connectivity index (χ3v) is 12.5. The molecule has 0 saturated heterocycles. The summed E-state index contributed by atoms with van der Waals surface area (Å²) in [5, 5.41) is 32.8. The molecule has 0 amide bonds. The molecule has 0 aromatic rings. The fourth-order valence-electron chi connectivity index (χ4n) is 10.6. The van der Waals surface area contributed by atoms with Crippen molar-refractivity contribution in [3.05, 3.63) is 11.6 Å². The average molecular weight is 445 g/mol. The summed E-state index contributed by atoms with van der Waals surface area (Å²) in [5.41, 5.74) is 1.40. The normalized spacial score (nSPS) is 57.2. The minimum absolute atomic E-state index is 0.0206. The molecule has 3 heteroatoms. The molecule has 0 aliphatic heterocycles. The second-order valence-electron chi connectivity index (χ2n) is 14.3. The van der Waals surface area contributed by atoms with Gasteiger partial charge in [0.25, 0.3) is 0 Å². The van der Waals surface area contributed by atoms with Gasteiger partial charge >= 0.3 is 0 Å². The lowest BCUT2D eigenvalue weighted by Gasteiger charge is -2.62. The molecule has 3 N–H and O–H groups in total. The summed E-state index contributed by atoms with van der Waals surface area (Å²) in [6.45, 7) is 14.1. The second kappa shape index (κ2) is 7.08. The van der Waals surface area contributed by atoms with Gasteiger partial charge in [-0.3, -0.25) is 0 Å². The zero-order valence-electron chi connectivity index (χ0n) is 21.5. The third kappa shape index (κ3) is 2.95. The first-order chi connectivity index (χ1) is 14.8. The highest BCUT2D eigenvalue weighted by Gasteiger charge is 2.63. The minimum atomic E-state index is -0.965. The van der Waals surface area contributed by atoms with Crippen molar-refractivity contribution in [3.63, 3.8) is 0 Å². The Kier molecular flexibility index (Phi) is 5.17. The quantitative estimate of drug-likeness (QED) is 0.410. The molecule has 3 nitrogen and oxygen atoms in total. The lowest BCUT2D eigenvalue weighted by molar-refractivity contribution is -0.214. The topological polar surface area (TPSA) is 60.7 Å². The van der Waals surface area contributed by atoms with Crippen molar-refractivity contribution in [2.45, 2.75) is 124 Å². The molecule has 10 atom stereocenters. The van der Waals surface area contributed by atoms with E-state index >= 15 is 0 Å². The van der Waals surface area contributed by atoms with E-state index in [-0.39, 0.29) is 33.7 Å². The molecule has 5 aliphatic carbocycles. The van der Waals surface area contributed by atoms with Gasteiger partial charge in [-0.1, -0.05) is 46.3 Å². The SMILES string of the molecule is CC12CCC3C(C)(O)C(O)CCC3(C)C1CCC1C(=CCC3C(C)(C)C(O)CCC13C)C2. The van der Waals surface area contributed by atoms with E-state index in [0.29, 0.717) is 17.8 Å². The molecule has 0 bridgehead atoms. The predicted octanol–water partition coefficient (Wildman–Crippen LogP) is 5.86. The molecule has 32 heavy (non-hydrogen) atoms. The summed E-state index contributed by atoms with van der Waals surface area (Å²) in [7, 11) is 0. The van der Waals surface area contributed by atoms with E-state index < -0.39 is 11.7 Å². The van der Waals surface area contributed by atoms with Gasteiger partial charge in [0.15, 0.2) is 0 Å². The van der Waals surface area contributed by atoms with E-state index in [1.165, 1.54) is 19.3 Å². The van der Waals surface area contributed by atoms with Crippen LogP contribution in [0.25, 0.3) is 0 Å². The van der Waals surface area contributed by atoms with Crippen molar-refractivity contribution in [1.82, 2.24) is 0 Å². The van der Waals surface area contributed by atoms with Crippen molar-refractivity contribution >= 4 is 0 Å². The van der Waals surface area contributed by atoms with Crippen molar-refractivity contribution in [2.75, 3.05) is 0 Å². The van der Waals surface area contributed by atoms with Crippen LogP contribution in [0.15, 0.2) is 11.6 Å². The van der Waals surface area contributed by atoms with Crippen LogP contribution < -0.4 is 0 Å². The zero-order valence-corrected chi connectivity index (χ0v) is 21.5. The first-order valence-electron chi connectivity index (χ1n) is 13.5. The maximum atomic E-state index is 11.3. The summed E-state index contributed by atoms with van der Waals surface area (Å²) >= 11 is 0. The monoisotopic (exact) mass is 444 g/mol. The Hall–Kier alpha value is -0.380. The average Bonchev–Trinajstić information content (AvgIpc) is 2.86. The fraction of sp³-hybridized carbons (Fsp3) is 0.931. The molecule has 5 aliphatic rings. The van der Waals surface area contributed by atoms with Gasteiger partial charge in [0.2, 0.25) is 0 Å². The van der Waals surface area contributed by atoms with Crippen LogP contribution in [0.5, 0.6) is 0 Å². The van der Waals surface area contributed by atoms with Crippen LogP contribution in [-0.2, 0) is 0 Å². The molecule has 0 spiro atoms. The lowest BCUT2D eigenvalue weighted by atomic mass is 9.44. The Morgan fingerprint density at radius 2 is 1.38 bits per heavy atom. The summed E-state index contributed by atoms with van der Waals surface area (Å²) in [4.78, 5) is 0. The van der Waals surface area contributed by atoms with Gasteiger partial charge in [-0.15, -0.1) is 0 Å². The van der Waals surface area contributed by atoms with Crippen LogP contribution in [0.4, 0.5) is 0 Å². The summed E-state index contributed by atoms with van der Waals surface area (Å²) < 4.78 is 0. The molecule has 0 heterocycles. The smallest absolute Gasteiger partial charge is 0.0910 e.